The Morgan fingerprint density at radius 3 is 2.68 bits per heavy atom. The number of amides is 1. The number of rotatable bonds is 3. The topological polar surface area (TPSA) is 72.1 Å². The molecule has 102 valence electrons. The van der Waals surface area contributed by atoms with Gasteiger partial charge in [0.15, 0.2) is 0 Å². The maximum atomic E-state index is 12.3. The molecule has 6 heteroatoms. The van der Waals surface area contributed by atoms with E-state index in [2.05, 4.69) is 10.2 Å². The van der Waals surface area contributed by atoms with Gasteiger partial charge in [-0.3, -0.25) is 4.79 Å². The lowest BCUT2D eigenvalue weighted by molar-refractivity contribution is 0.0801. The van der Waals surface area contributed by atoms with E-state index >= 15 is 0 Å². The molecule has 0 atom stereocenters. The number of fused-ring (bicyclic) bond motifs is 1. The summed E-state index contributed by atoms with van der Waals surface area (Å²) < 4.78 is 0. The molecule has 2 rings (SSSR count). The molecular formula is C13H18N4OS. The Labute approximate surface area is 116 Å². The Morgan fingerprint density at radius 2 is 2.05 bits per heavy atom. The molecule has 0 unspecified atom stereocenters. The van der Waals surface area contributed by atoms with E-state index < -0.39 is 0 Å². The predicted octanol–water partition coefficient (Wildman–Crippen LogP) is 2.37. The van der Waals surface area contributed by atoms with Crippen molar-refractivity contribution in [3.8, 4) is 0 Å². The smallest absolute Gasteiger partial charge is 0.265 e. The number of aromatic nitrogens is 2. The minimum Gasteiger partial charge on any atom is -0.397 e. The lowest BCUT2D eigenvalue weighted by Crippen LogP contribution is -2.27. The van der Waals surface area contributed by atoms with Gasteiger partial charge in [-0.2, -0.15) is 5.10 Å². The molecule has 0 aliphatic rings. The molecule has 0 aliphatic carbocycles. The molecule has 0 radical (unpaired) electrons. The molecule has 0 aliphatic heterocycles. The van der Waals surface area contributed by atoms with Crippen LogP contribution in [0, 0.1) is 13.8 Å². The van der Waals surface area contributed by atoms with E-state index in [-0.39, 0.29) is 5.91 Å². The van der Waals surface area contributed by atoms with Crippen molar-refractivity contribution < 1.29 is 4.79 Å². The van der Waals surface area contributed by atoms with Gasteiger partial charge < -0.3 is 10.6 Å². The lowest BCUT2D eigenvalue weighted by Gasteiger charge is -2.15. The molecule has 2 heterocycles. The van der Waals surface area contributed by atoms with Crippen molar-refractivity contribution >= 4 is 33.1 Å². The van der Waals surface area contributed by atoms with Crippen molar-refractivity contribution in [2.45, 2.75) is 27.2 Å². The monoisotopic (exact) mass is 278 g/mol. The number of nitrogen functional groups attached to an aromatic ring is 1. The molecule has 2 aromatic rings. The lowest BCUT2D eigenvalue weighted by atomic mass is 10.1. The number of nitrogens with two attached hydrogens (primary N) is 1. The van der Waals surface area contributed by atoms with Gasteiger partial charge in [0.25, 0.3) is 5.91 Å². The SMILES string of the molecule is CCCN(C)C(=O)c1sc2nnc(C)c(C)c2c1N. The molecule has 2 aromatic heterocycles. The van der Waals surface area contributed by atoms with Crippen LogP contribution in [0.4, 0.5) is 5.69 Å². The summed E-state index contributed by atoms with van der Waals surface area (Å²) in [6.45, 7) is 6.61. The quantitative estimate of drug-likeness (QED) is 0.935. The third-order valence-corrected chi connectivity index (χ3v) is 4.31. The normalized spacial score (nSPS) is 10.9. The van der Waals surface area contributed by atoms with E-state index in [0.29, 0.717) is 10.6 Å². The summed E-state index contributed by atoms with van der Waals surface area (Å²) >= 11 is 1.32. The number of carbonyl (C=O) groups excluding carboxylic acids is 1. The van der Waals surface area contributed by atoms with Crippen LogP contribution in [0.1, 0.15) is 34.3 Å². The average Bonchev–Trinajstić information content (AvgIpc) is 2.71. The molecule has 0 bridgehead atoms. The van der Waals surface area contributed by atoms with Gasteiger partial charge in [-0.05, 0) is 25.8 Å². The van der Waals surface area contributed by atoms with E-state index in [4.69, 9.17) is 5.73 Å². The van der Waals surface area contributed by atoms with Crippen molar-refractivity contribution in [2.24, 2.45) is 0 Å². The highest BCUT2D eigenvalue weighted by molar-refractivity contribution is 7.21. The van der Waals surface area contributed by atoms with Crippen molar-refractivity contribution in [3.63, 3.8) is 0 Å². The Morgan fingerprint density at radius 1 is 1.37 bits per heavy atom. The minimum atomic E-state index is -0.0422. The van der Waals surface area contributed by atoms with E-state index in [1.807, 2.05) is 20.8 Å². The molecule has 0 fully saturated rings. The first-order valence-corrected chi connectivity index (χ1v) is 7.06. The Bertz CT molecular complexity index is 635. The fourth-order valence-electron chi connectivity index (χ4n) is 2.01. The van der Waals surface area contributed by atoms with Gasteiger partial charge in [-0.15, -0.1) is 16.4 Å². The van der Waals surface area contributed by atoms with E-state index in [0.717, 1.165) is 34.4 Å². The van der Waals surface area contributed by atoms with E-state index in [9.17, 15) is 4.79 Å². The van der Waals surface area contributed by atoms with E-state index in [1.54, 1.807) is 11.9 Å². The summed E-state index contributed by atoms with van der Waals surface area (Å²) in [5.41, 5.74) is 8.51. The minimum absolute atomic E-state index is 0.0422. The van der Waals surface area contributed by atoms with Gasteiger partial charge in [0.05, 0.1) is 11.4 Å². The fraction of sp³-hybridized carbons (Fsp3) is 0.462. The van der Waals surface area contributed by atoms with Crippen molar-refractivity contribution in [2.75, 3.05) is 19.3 Å². The fourth-order valence-corrected chi connectivity index (χ4v) is 3.10. The Hall–Kier alpha value is -1.69. The van der Waals surface area contributed by atoms with Gasteiger partial charge >= 0.3 is 0 Å². The second kappa shape index (κ2) is 5.13. The van der Waals surface area contributed by atoms with Crippen LogP contribution in [0.15, 0.2) is 0 Å². The second-order valence-corrected chi connectivity index (χ2v) is 5.66. The molecule has 19 heavy (non-hydrogen) atoms. The summed E-state index contributed by atoms with van der Waals surface area (Å²) in [7, 11) is 1.79. The van der Waals surface area contributed by atoms with Gasteiger partial charge in [0, 0.05) is 19.0 Å². The summed E-state index contributed by atoms with van der Waals surface area (Å²) in [4.78, 5) is 15.3. The molecule has 0 saturated heterocycles. The molecule has 2 N–H and O–H groups in total. The molecule has 0 spiro atoms. The number of nitrogens with zero attached hydrogens (tertiary/aromatic N) is 3. The van der Waals surface area contributed by atoms with Crippen LogP contribution in [0.25, 0.3) is 10.2 Å². The summed E-state index contributed by atoms with van der Waals surface area (Å²) in [5.74, 6) is -0.0422. The summed E-state index contributed by atoms with van der Waals surface area (Å²) in [6, 6.07) is 0. The first kappa shape index (κ1) is 13.7. The number of aryl methyl sites for hydroxylation is 2. The van der Waals surface area contributed by atoms with Gasteiger partial charge in [-0.1, -0.05) is 6.92 Å². The largest absolute Gasteiger partial charge is 0.397 e. The number of anilines is 1. The van der Waals surface area contributed by atoms with Gasteiger partial charge in [0.1, 0.15) is 9.71 Å². The third kappa shape index (κ3) is 2.28. The zero-order valence-corrected chi connectivity index (χ0v) is 12.5. The maximum absolute atomic E-state index is 12.3. The summed E-state index contributed by atoms with van der Waals surface area (Å²) in [6.07, 6.45) is 0.922. The highest BCUT2D eigenvalue weighted by atomic mass is 32.1. The third-order valence-electron chi connectivity index (χ3n) is 3.24. The number of hydrogen-bond donors (Lipinski definition) is 1. The summed E-state index contributed by atoms with van der Waals surface area (Å²) in [5, 5.41) is 9.08. The van der Waals surface area contributed by atoms with Crippen molar-refractivity contribution in [1.82, 2.24) is 15.1 Å². The molecule has 0 aromatic carbocycles. The number of thiophene rings is 1. The van der Waals surface area contributed by atoms with Crippen LogP contribution in [0.5, 0.6) is 0 Å². The van der Waals surface area contributed by atoms with Crippen molar-refractivity contribution in [1.29, 1.82) is 0 Å². The zero-order valence-electron chi connectivity index (χ0n) is 11.6. The Balaban J connectivity index is 2.54. The average molecular weight is 278 g/mol. The van der Waals surface area contributed by atoms with Crippen LogP contribution in [-0.4, -0.2) is 34.6 Å². The maximum Gasteiger partial charge on any atom is 0.265 e. The van der Waals surface area contributed by atoms with E-state index in [1.165, 1.54) is 11.3 Å². The van der Waals surface area contributed by atoms with Crippen LogP contribution < -0.4 is 5.73 Å². The highest BCUT2D eigenvalue weighted by Gasteiger charge is 2.21. The number of carbonyl (C=O) groups is 1. The van der Waals surface area contributed by atoms with Crippen LogP contribution >= 0.6 is 11.3 Å². The molecule has 0 saturated carbocycles. The van der Waals surface area contributed by atoms with Crippen LogP contribution in [0.3, 0.4) is 0 Å². The first-order valence-electron chi connectivity index (χ1n) is 6.24. The first-order chi connectivity index (χ1) is 8.97. The molecule has 5 nitrogen and oxygen atoms in total. The second-order valence-electron chi connectivity index (χ2n) is 4.66. The Kier molecular flexibility index (Phi) is 3.71. The van der Waals surface area contributed by atoms with Gasteiger partial charge in [0.2, 0.25) is 0 Å². The number of hydrogen-bond acceptors (Lipinski definition) is 5. The zero-order chi connectivity index (χ0) is 14.2. The standard InChI is InChI=1S/C13H18N4OS/c1-5-6-17(4)13(18)11-10(14)9-7(2)8(3)15-16-12(9)19-11/h5-6,14H2,1-4H3. The van der Waals surface area contributed by atoms with Crippen LogP contribution in [-0.2, 0) is 0 Å². The van der Waals surface area contributed by atoms with Gasteiger partial charge in [-0.25, -0.2) is 0 Å². The predicted molar refractivity (Wildman–Crippen MR) is 78.6 cm³/mol. The van der Waals surface area contributed by atoms with Crippen molar-refractivity contribution in [3.05, 3.63) is 16.1 Å². The van der Waals surface area contributed by atoms with Crippen LogP contribution in [0.2, 0.25) is 0 Å². The molecular weight excluding hydrogens is 260 g/mol. The molecule has 1 amide bonds. The highest BCUT2D eigenvalue weighted by Crippen LogP contribution is 2.35.